The van der Waals surface area contributed by atoms with E-state index in [2.05, 4.69) is 77.9 Å². The number of rotatable bonds is 3. The molecule has 0 fully saturated rings. The van der Waals surface area contributed by atoms with Gasteiger partial charge in [0, 0.05) is 21.7 Å². The Labute approximate surface area is 130 Å². The van der Waals surface area contributed by atoms with Crippen molar-refractivity contribution in [1.29, 1.82) is 0 Å². The molecule has 0 saturated heterocycles. The maximum atomic E-state index is 4.05. The minimum atomic E-state index is 0.317. The van der Waals surface area contributed by atoms with Gasteiger partial charge in [0.1, 0.15) is 0 Å². The minimum Gasteiger partial charge on any atom is -0.265 e. The summed E-state index contributed by atoms with van der Waals surface area (Å²) in [7, 11) is 0. The van der Waals surface area contributed by atoms with Crippen molar-refractivity contribution >= 4 is 59.1 Å². The van der Waals surface area contributed by atoms with E-state index >= 15 is 0 Å². The summed E-state index contributed by atoms with van der Waals surface area (Å²) < 4.78 is 2.25. The third kappa shape index (κ3) is 3.19. The molecule has 90 valence electrons. The van der Waals surface area contributed by atoms with Gasteiger partial charge in [-0.3, -0.25) is 4.98 Å². The Hall–Kier alpha value is 0.290. The zero-order valence-electron chi connectivity index (χ0n) is 9.03. The molecule has 2 atom stereocenters. The van der Waals surface area contributed by atoms with E-state index in [9.17, 15) is 0 Å². The fourth-order valence-electron chi connectivity index (χ4n) is 1.58. The molecule has 2 heterocycles. The van der Waals surface area contributed by atoms with Gasteiger partial charge in [0.05, 0.1) is 8.61 Å². The third-order valence-corrected chi connectivity index (χ3v) is 7.54. The Morgan fingerprint density at radius 3 is 2.41 bits per heavy atom. The summed E-state index contributed by atoms with van der Waals surface area (Å²) in [6, 6.07) is 6.29. The van der Waals surface area contributed by atoms with Crippen LogP contribution < -0.4 is 0 Å². The second-order valence-electron chi connectivity index (χ2n) is 3.74. The average molecular weight is 440 g/mol. The predicted octanol–water partition coefficient (Wildman–Crippen LogP) is 5.91. The van der Waals surface area contributed by atoms with E-state index in [0.29, 0.717) is 10.7 Å². The first-order valence-corrected chi connectivity index (χ1v) is 8.40. The van der Waals surface area contributed by atoms with Crippen LogP contribution in [-0.2, 0) is 0 Å². The zero-order valence-corrected chi connectivity index (χ0v) is 14.6. The maximum absolute atomic E-state index is 4.05. The molecule has 2 aromatic rings. The first-order chi connectivity index (χ1) is 8.09. The Kier molecular flexibility index (Phi) is 4.80. The molecule has 2 aromatic heterocycles. The number of thiophene rings is 1. The Morgan fingerprint density at radius 2 is 1.88 bits per heavy atom. The zero-order chi connectivity index (χ0) is 12.4. The minimum absolute atomic E-state index is 0.317. The van der Waals surface area contributed by atoms with Crippen LogP contribution in [0.15, 0.2) is 38.9 Å². The molecular formula is C12H10Br3NS. The fraction of sp³-hybridized carbons (Fsp3) is 0.250. The average Bonchev–Trinajstić information content (AvgIpc) is 2.69. The van der Waals surface area contributed by atoms with Crippen LogP contribution >= 0.6 is 59.1 Å². The number of aromatic nitrogens is 1. The Bertz CT molecular complexity index is 478. The molecule has 0 N–H and O–H groups in total. The van der Waals surface area contributed by atoms with Crippen molar-refractivity contribution in [2.24, 2.45) is 0 Å². The van der Waals surface area contributed by atoms with Crippen molar-refractivity contribution in [1.82, 2.24) is 4.98 Å². The van der Waals surface area contributed by atoms with Crippen LogP contribution in [-0.4, -0.2) is 4.98 Å². The predicted molar refractivity (Wildman–Crippen MR) is 84.0 cm³/mol. The molecule has 1 nitrogen and oxygen atoms in total. The van der Waals surface area contributed by atoms with Crippen LogP contribution in [0.25, 0.3) is 0 Å². The van der Waals surface area contributed by atoms with E-state index < -0.39 is 0 Å². The molecule has 0 aromatic carbocycles. The monoisotopic (exact) mass is 437 g/mol. The van der Waals surface area contributed by atoms with Crippen LogP contribution in [0, 0.1) is 0 Å². The molecular weight excluding hydrogens is 430 g/mol. The highest BCUT2D eigenvalue weighted by Gasteiger charge is 2.20. The standard InChI is InChI=1S/C12H10Br3NS/c1-7(8-2-4-16-5-3-8)11(14)10-6-9(13)12(15)17-10/h2-7,11H,1H3. The van der Waals surface area contributed by atoms with Crippen molar-refractivity contribution in [2.45, 2.75) is 17.7 Å². The van der Waals surface area contributed by atoms with Crippen LogP contribution in [0.3, 0.4) is 0 Å². The second-order valence-corrected chi connectivity index (χ2v) is 7.98. The van der Waals surface area contributed by atoms with E-state index in [4.69, 9.17) is 0 Å². The molecule has 2 rings (SSSR count). The topological polar surface area (TPSA) is 12.9 Å². The summed E-state index contributed by atoms with van der Waals surface area (Å²) >= 11 is 12.6. The van der Waals surface area contributed by atoms with Gasteiger partial charge in [0.2, 0.25) is 0 Å². The van der Waals surface area contributed by atoms with Crippen molar-refractivity contribution in [3.63, 3.8) is 0 Å². The molecule has 0 amide bonds. The van der Waals surface area contributed by atoms with Gasteiger partial charge in [-0.2, -0.15) is 0 Å². The number of halogens is 3. The summed E-state index contributed by atoms with van der Waals surface area (Å²) in [6.45, 7) is 2.22. The molecule has 0 spiro atoms. The summed E-state index contributed by atoms with van der Waals surface area (Å²) in [6.07, 6.45) is 3.68. The first-order valence-electron chi connectivity index (χ1n) is 5.08. The highest BCUT2D eigenvalue weighted by molar-refractivity contribution is 9.13. The van der Waals surface area contributed by atoms with Crippen molar-refractivity contribution in [3.8, 4) is 0 Å². The lowest BCUT2D eigenvalue weighted by Gasteiger charge is -2.17. The van der Waals surface area contributed by atoms with Gasteiger partial charge < -0.3 is 0 Å². The van der Waals surface area contributed by atoms with Gasteiger partial charge in [0.15, 0.2) is 0 Å². The molecule has 17 heavy (non-hydrogen) atoms. The molecule has 0 bridgehead atoms. The van der Waals surface area contributed by atoms with E-state index in [1.54, 1.807) is 11.3 Å². The van der Waals surface area contributed by atoms with Crippen molar-refractivity contribution in [3.05, 3.63) is 49.3 Å². The number of nitrogens with zero attached hydrogens (tertiary/aromatic N) is 1. The summed E-state index contributed by atoms with van der Waals surface area (Å²) in [5, 5.41) is 0. The maximum Gasteiger partial charge on any atom is 0.0843 e. The van der Waals surface area contributed by atoms with Gasteiger partial charge in [-0.1, -0.05) is 22.9 Å². The van der Waals surface area contributed by atoms with Crippen LogP contribution in [0.1, 0.15) is 28.1 Å². The van der Waals surface area contributed by atoms with Crippen molar-refractivity contribution < 1.29 is 0 Å². The molecule has 5 heteroatoms. The first kappa shape index (κ1) is 13.7. The summed E-state index contributed by atoms with van der Waals surface area (Å²) in [5.41, 5.74) is 1.29. The normalized spacial score (nSPS) is 14.6. The van der Waals surface area contributed by atoms with Gasteiger partial charge in [0.25, 0.3) is 0 Å². The third-order valence-electron chi connectivity index (χ3n) is 2.61. The van der Waals surface area contributed by atoms with Gasteiger partial charge in [-0.05, 0) is 61.5 Å². The summed E-state index contributed by atoms with van der Waals surface area (Å²) in [4.78, 5) is 5.68. The molecule has 0 aliphatic carbocycles. The fourth-order valence-corrected chi connectivity index (χ4v) is 4.47. The smallest absolute Gasteiger partial charge is 0.0843 e. The van der Waals surface area contributed by atoms with Crippen LogP contribution in [0.4, 0.5) is 0 Å². The molecule has 0 radical (unpaired) electrons. The van der Waals surface area contributed by atoms with Gasteiger partial charge in [-0.25, -0.2) is 0 Å². The van der Waals surface area contributed by atoms with Crippen LogP contribution in [0.2, 0.25) is 0 Å². The molecule has 0 aliphatic rings. The lowest BCUT2D eigenvalue weighted by Crippen LogP contribution is -2.00. The number of hydrogen-bond donors (Lipinski definition) is 0. The number of hydrogen-bond acceptors (Lipinski definition) is 2. The number of alkyl halides is 1. The Balaban J connectivity index is 2.23. The van der Waals surface area contributed by atoms with E-state index in [0.717, 1.165) is 8.26 Å². The second kappa shape index (κ2) is 5.95. The highest BCUT2D eigenvalue weighted by atomic mass is 79.9. The van der Waals surface area contributed by atoms with E-state index in [-0.39, 0.29) is 0 Å². The lowest BCUT2D eigenvalue weighted by atomic mass is 9.98. The lowest BCUT2D eigenvalue weighted by molar-refractivity contribution is 0.759. The molecule has 0 saturated carbocycles. The van der Waals surface area contributed by atoms with Gasteiger partial charge >= 0.3 is 0 Å². The summed E-state index contributed by atoms with van der Waals surface area (Å²) in [5.74, 6) is 0.412. The van der Waals surface area contributed by atoms with Crippen LogP contribution in [0.5, 0.6) is 0 Å². The highest BCUT2D eigenvalue weighted by Crippen LogP contribution is 2.44. The quantitative estimate of drug-likeness (QED) is 0.542. The SMILES string of the molecule is CC(c1ccncc1)C(Br)c1cc(Br)c(Br)s1. The van der Waals surface area contributed by atoms with E-state index in [1.165, 1.54) is 10.4 Å². The Morgan fingerprint density at radius 1 is 1.24 bits per heavy atom. The van der Waals surface area contributed by atoms with E-state index in [1.807, 2.05) is 12.4 Å². The molecule has 2 unspecified atom stereocenters. The van der Waals surface area contributed by atoms with Crippen molar-refractivity contribution in [2.75, 3.05) is 0 Å². The number of pyridine rings is 1. The van der Waals surface area contributed by atoms with Gasteiger partial charge in [-0.15, -0.1) is 11.3 Å². The molecule has 0 aliphatic heterocycles. The largest absolute Gasteiger partial charge is 0.265 e.